The lowest BCUT2D eigenvalue weighted by molar-refractivity contribution is -0.116. The van der Waals surface area contributed by atoms with Crippen LogP contribution in [0, 0.1) is 0 Å². The van der Waals surface area contributed by atoms with Crippen LogP contribution in [-0.4, -0.2) is 33.2 Å². The van der Waals surface area contributed by atoms with Crippen molar-refractivity contribution in [3.8, 4) is 0 Å². The highest BCUT2D eigenvalue weighted by atomic mass is 32.2. The fraction of sp³-hybridized carbons (Fsp3) is 0.500. The molecule has 5 nitrogen and oxygen atoms in total. The smallest absolute Gasteiger partial charge is 0.224 e. The highest BCUT2D eigenvalue weighted by molar-refractivity contribution is 7.90. The van der Waals surface area contributed by atoms with E-state index in [1.54, 1.807) is 12.1 Å². The van der Waals surface area contributed by atoms with Crippen molar-refractivity contribution < 1.29 is 13.2 Å². The number of rotatable bonds is 7. The molecule has 0 aliphatic rings. The van der Waals surface area contributed by atoms with Gasteiger partial charge in [0.1, 0.15) is 0 Å². The van der Waals surface area contributed by atoms with Gasteiger partial charge in [0.25, 0.3) is 0 Å². The number of carbonyl (C=O) groups is 1. The average Bonchev–Trinajstić information content (AvgIpc) is 2.34. The van der Waals surface area contributed by atoms with Crippen molar-refractivity contribution in [1.82, 2.24) is 5.32 Å². The molecular weight excluding hydrogens is 276 g/mol. The first kappa shape index (κ1) is 16.7. The van der Waals surface area contributed by atoms with E-state index in [0.717, 1.165) is 19.2 Å². The maximum atomic E-state index is 11.7. The van der Waals surface area contributed by atoms with E-state index in [1.165, 1.54) is 12.1 Å². The monoisotopic (exact) mass is 298 g/mol. The van der Waals surface area contributed by atoms with Crippen molar-refractivity contribution in [2.75, 3.05) is 18.1 Å². The van der Waals surface area contributed by atoms with Crippen molar-refractivity contribution >= 4 is 21.4 Å². The maximum Gasteiger partial charge on any atom is 0.224 e. The number of benzene rings is 1. The second-order valence-electron chi connectivity index (χ2n) is 5.06. The SMILES string of the molecule is CC(C)NCCCC(=O)Nc1ccc(S(C)(=O)=O)cc1. The molecule has 0 saturated carbocycles. The van der Waals surface area contributed by atoms with Crippen LogP contribution in [0.4, 0.5) is 5.69 Å². The van der Waals surface area contributed by atoms with Crippen LogP contribution < -0.4 is 10.6 Å². The average molecular weight is 298 g/mol. The molecular formula is C14H22N2O3S. The number of nitrogens with one attached hydrogen (secondary N) is 2. The molecule has 0 bridgehead atoms. The largest absolute Gasteiger partial charge is 0.326 e. The van der Waals surface area contributed by atoms with Crippen LogP contribution in [0.25, 0.3) is 0 Å². The third kappa shape index (κ3) is 6.16. The summed E-state index contributed by atoms with van der Waals surface area (Å²) in [6.45, 7) is 4.92. The number of anilines is 1. The lowest BCUT2D eigenvalue weighted by Crippen LogP contribution is -2.24. The third-order valence-electron chi connectivity index (χ3n) is 2.70. The number of amides is 1. The zero-order chi connectivity index (χ0) is 15.2. The molecule has 2 N–H and O–H groups in total. The van der Waals surface area contributed by atoms with Gasteiger partial charge in [-0.05, 0) is 37.2 Å². The molecule has 0 saturated heterocycles. The highest BCUT2D eigenvalue weighted by Gasteiger charge is 2.07. The van der Waals surface area contributed by atoms with Gasteiger partial charge in [0.05, 0.1) is 4.90 Å². The summed E-state index contributed by atoms with van der Waals surface area (Å²) in [5, 5.41) is 5.99. The molecule has 1 rings (SSSR count). The van der Waals surface area contributed by atoms with Gasteiger partial charge < -0.3 is 10.6 Å². The summed E-state index contributed by atoms with van der Waals surface area (Å²) in [5.41, 5.74) is 0.610. The predicted octanol–water partition coefficient (Wildman–Crippen LogP) is 1.81. The number of hydrogen-bond acceptors (Lipinski definition) is 4. The van der Waals surface area contributed by atoms with Crippen LogP contribution in [-0.2, 0) is 14.6 Å². The van der Waals surface area contributed by atoms with E-state index in [-0.39, 0.29) is 10.8 Å². The molecule has 1 aromatic rings. The van der Waals surface area contributed by atoms with E-state index in [0.29, 0.717) is 18.2 Å². The Bertz CT molecular complexity index is 536. The van der Waals surface area contributed by atoms with Gasteiger partial charge in [0.2, 0.25) is 5.91 Å². The number of carbonyl (C=O) groups excluding carboxylic acids is 1. The standard InChI is InChI=1S/C14H22N2O3S/c1-11(2)15-10-4-5-14(17)16-12-6-8-13(9-7-12)20(3,18)19/h6-9,11,15H,4-5,10H2,1-3H3,(H,16,17). The van der Waals surface area contributed by atoms with Gasteiger partial charge in [-0.15, -0.1) is 0 Å². The second-order valence-corrected chi connectivity index (χ2v) is 7.07. The van der Waals surface area contributed by atoms with E-state index < -0.39 is 9.84 Å². The molecule has 0 atom stereocenters. The van der Waals surface area contributed by atoms with E-state index in [4.69, 9.17) is 0 Å². The van der Waals surface area contributed by atoms with Crippen molar-refractivity contribution in [3.05, 3.63) is 24.3 Å². The van der Waals surface area contributed by atoms with Crippen LogP contribution in [0.5, 0.6) is 0 Å². The summed E-state index contributed by atoms with van der Waals surface area (Å²) in [6, 6.07) is 6.60. The molecule has 1 amide bonds. The van der Waals surface area contributed by atoms with Crippen LogP contribution >= 0.6 is 0 Å². The fourth-order valence-corrected chi connectivity index (χ4v) is 2.28. The first-order valence-corrected chi connectivity index (χ1v) is 8.51. The molecule has 0 heterocycles. The minimum atomic E-state index is -3.19. The minimum absolute atomic E-state index is 0.0670. The summed E-state index contributed by atoms with van der Waals surface area (Å²) in [4.78, 5) is 11.9. The van der Waals surface area contributed by atoms with Gasteiger partial charge in [0, 0.05) is 24.4 Å². The van der Waals surface area contributed by atoms with Gasteiger partial charge in [0.15, 0.2) is 9.84 Å². The fourth-order valence-electron chi connectivity index (χ4n) is 1.65. The Morgan fingerprint density at radius 3 is 2.30 bits per heavy atom. The van der Waals surface area contributed by atoms with E-state index >= 15 is 0 Å². The summed E-state index contributed by atoms with van der Waals surface area (Å²) in [7, 11) is -3.19. The number of hydrogen-bond donors (Lipinski definition) is 2. The quantitative estimate of drug-likeness (QED) is 0.753. The molecule has 0 aliphatic carbocycles. The topological polar surface area (TPSA) is 75.3 Å². The first-order chi connectivity index (χ1) is 9.29. The molecule has 0 radical (unpaired) electrons. The van der Waals surface area contributed by atoms with E-state index in [9.17, 15) is 13.2 Å². The summed E-state index contributed by atoms with van der Waals surface area (Å²) in [5.74, 6) is -0.0670. The van der Waals surface area contributed by atoms with Gasteiger partial charge in [-0.1, -0.05) is 13.8 Å². The Hall–Kier alpha value is -1.40. The highest BCUT2D eigenvalue weighted by Crippen LogP contribution is 2.14. The second kappa shape index (κ2) is 7.40. The van der Waals surface area contributed by atoms with Crippen LogP contribution in [0.3, 0.4) is 0 Å². The molecule has 0 unspecified atom stereocenters. The third-order valence-corrected chi connectivity index (χ3v) is 3.83. The van der Waals surface area contributed by atoms with Crippen LogP contribution in [0.1, 0.15) is 26.7 Å². The maximum absolute atomic E-state index is 11.7. The molecule has 20 heavy (non-hydrogen) atoms. The molecule has 1 aromatic carbocycles. The molecule has 6 heteroatoms. The Morgan fingerprint density at radius 1 is 1.20 bits per heavy atom. The lowest BCUT2D eigenvalue weighted by atomic mass is 10.2. The van der Waals surface area contributed by atoms with Gasteiger partial charge in [-0.2, -0.15) is 0 Å². The summed E-state index contributed by atoms with van der Waals surface area (Å²) in [6.07, 6.45) is 2.36. The lowest BCUT2D eigenvalue weighted by Gasteiger charge is -2.08. The van der Waals surface area contributed by atoms with Crippen LogP contribution in [0.15, 0.2) is 29.2 Å². The molecule has 0 aliphatic heterocycles. The van der Waals surface area contributed by atoms with Crippen molar-refractivity contribution in [2.45, 2.75) is 37.6 Å². The summed E-state index contributed by atoms with van der Waals surface area (Å²) >= 11 is 0. The minimum Gasteiger partial charge on any atom is -0.326 e. The molecule has 0 spiro atoms. The van der Waals surface area contributed by atoms with Gasteiger partial charge in [-0.3, -0.25) is 4.79 Å². The van der Waals surface area contributed by atoms with Crippen molar-refractivity contribution in [1.29, 1.82) is 0 Å². The Balaban J connectivity index is 2.43. The van der Waals surface area contributed by atoms with Crippen molar-refractivity contribution in [2.24, 2.45) is 0 Å². The van der Waals surface area contributed by atoms with Crippen LogP contribution in [0.2, 0.25) is 0 Å². The summed E-state index contributed by atoms with van der Waals surface area (Å²) < 4.78 is 22.6. The Morgan fingerprint density at radius 2 is 1.80 bits per heavy atom. The predicted molar refractivity (Wildman–Crippen MR) is 80.6 cm³/mol. The van der Waals surface area contributed by atoms with Gasteiger partial charge in [-0.25, -0.2) is 8.42 Å². The molecule has 0 fully saturated rings. The molecule has 0 aromatic heterocycles. The Labute approximate surface area is 120 Å². The first-order valence-electron chi connectivity index (χ1n) is 6.62. The zero-order valence-corrected chi connectivity index (χ0v) is 13.0. The van der Waals surface area contributed by atoms with Crippen molar-refractivity contribution in [3.63, 3.8) is 0 Å². The van der Waals surface area contributed by atoms with E-state index in [2.05, 4.69) is 24.5 Å². The Kier molecular flexibility index (Phi) is 6.16. The van der Waals surface area contributed by atoms with E-state index in [1.807, 2.05) is 0 Å². The zero-order valence-electron chi connectivity index (χ0n) is 12.1. The normalized spacial score (nSPS) is 11.6. The molecule has 112 valence electrons. The number of sulfone groups is 1. The van der Waals surface area contributed by atoms with Gasteiger partial charge >= 0.3 is 0 Å².